The SMILES string of the molecule is CC(C)N(CC1CCCNC1)C1CCOc2ccccc21. The molecule has 0 saturated carbocycles. The third-order valence-electron chi connectivity index (χ3n) is 4.86. The van der Waals surface area contributed by atoms with Crippen molar-refractivity contribution >= 4 is 0 Å². The number of rotatable bonds is 4. The van der Waals surface area contributed by atoms with Crippen LogP contribution in [0, 0.1) is 5.92 Å². The first-order chi connectivity index (χ1) is 10.3. The Morgan fingerprint density at radius 1 is 1.29 bits per heavy atom. The largest absolute Gasteiger partial charge is 0.493 e. The van der Waals surface area contributed by atoms with Crippen LogP contribution < -0.4 is 10.1 Å². The molecule has 21 heavy (non-hydrogen) atoms. The minimum absolute atomic E-state index is 0.511. The Balaban J connectivity index is 1.78. The van der Waals surface area contributed by atoms with Crippen LogP contribution in [-0.2, 0) is 0 Å². The molecule has 0 bridgehead atoms. The highest BCUT2D eigenvalue weighted by Gasteiger charge is 2.30. The van der Waals surface area contributed by atoms with Crippen LogP contribution in [0.5, 0.6) is 5.75 Å². The van der Waals surface area contributed by atoms with Crippen LogP contribution in [0.4, 0.5) is 0 Å². The second-order valence-corrected chi connectivity index (χ2v) is 6.69. The van der Waals surface area contributed by atoms with E-state index in [1.807, 2.05) is 0 Å². The maximum absolute atomic E-state index is 5.83. The summed E-state index contributed by atoms with van der Waals surface area (Å²) >= 11 is 0. The first kappa shape index (κ1) is 14.9. The van der Waals surface area contributed by atoms with Gasteiger partial charge in [-0.25, -0.2) is 0 Å². The van der Waals surface area contributed by atoms with E-state index in [1.165, 1.54) is 38.0 Å². The van der Waals surface area contributed by atoms with E-state index in [0.29, 0.717) is 12.1 Å². The molecule has 3 rings (SSSR count). The van der Waals surface area contributed by atoms with Crippen molar-refractivity contribution in [3.05, 3.63) is 29.8 Å². The zero-order valence-electron chi connectivity index (χ0n) is 13.3. The summed E-state index contributed by atoms with van der Waals surface area (Å²) in [6.45, 7) is 9.06. The predicted octanol–water partition coefficient (Wildman–Crippen LogP) is 3.22. The minimum atomic E-state index is 0.511. The molecule has 0 aromatic heterocycles. The lowest BCUT2D eigenvalue weighted by Crippen LogP contribution is -2.44. The van der Waals surface area contributed by atoms with Crippen LogP contribution in [0.3, 0.4) is 0 Å². The standard InChI is InChI=1S/C18H28N2O/c1-14(2)20(13-15-6-5-10-19-12-15)17-9-11-21-18-8-4-3-7-16(17)18/h3-4,7-8,14-15,17,19H,5-6,9-13H2,1-2H3. The number of nitrogens with one attached hydrogen (secondary N) is 1. The van der Waals surface area contributed by atoms with Crippen molar-refractivity contribution in [1.82, 2.24) is 10.2 Å². The highest BCUT2D eigenvalue weighted by atomic mass is 16.5. The van der Waals surface area contributed by atoms with Crippen molar-refractivity contribution < 1.29 is 4.74 Å². The third kappa shape index (κ3) is 3.41. The van der Waals surface area contributed by atoms with Gasteiger partial charge in [-0.05, 0) is 51.8 Å². The summed E-state index contributed by atoms with van der Waals surface area (Å²) in [6.07, 6.45) is 3.79. The van der Waals surface area contributed by atoms with Crippen molar-refractivity contribution in [2.75, 3.05) is 26.2 Å². The number of hydrogen-bond acceptors (Lipinski definition) is 3. The molecule has 3 heteroatoms. The number of nitrogens with zero attached hydrogens (tertiary/aromatic N) is 1. The highest BCUT2D eigenvalue weighted by molar-refractivity contribution is 5.37. The molecule has 1 N–H and O–H groups in total. The zero-order valence-corrected chi connectivity index (χ0v) is 13.3. The van der Waals surface area contributed by atoms with Crippen molar-refractivity contribution in [1.29, 1.82) is 0 Å². The Kier molecular flexibility index (Phi) is 4.81. The Morgan fingerprint density at radius 2 is 2.14 bits per heavy atom. The molecule has 1 aromatic rings. The van der Waals surface area contributed by atoms with E-state index in [9.17, 15) is 0 Å². The smallest absolute Gasteiger partial charge is 0.124 e. The molecule has 2 atom stereocenters. The normalized spacial score (nSPS) is 25.7. The molecule has 116 valence electrons. The fraction of sp³-hybridized carbons (Fsp3) is 0.667. The summed E-state index contributed by atoms with van der Waals surface area (Å²) in [7, 11) is 0. The van der Waals surface area contributed by atoms with Gasteiger partial charge >= 0.3 is 0 Å². The Hall–Kier alpha value is -1.06. The lowest BCUT2D eigenvalue weighted by molar-refractivity contribution is 0.0864. The zero-order chi connectivity index (χ0) is 14.7. The van der Waals surface area contributed by atoms with E-state index in [-0.39, 0.29) is 0 Å². The van der Waals surface area contributed by atoms with Gasteiger partial charge in [0.05, 0.1) is 6.61 Å². The van der Waals surface area contributed by atoms with E-state index in [2.05, 4.69) is 48.3 Å². The number of hydrogen-bond donors (Lipinski definition) is 1. The number of ether oxygens (including phenoxy) is 1. The molecular weight excluding hydrogens is 260 g/mol. The first-order valence-electron chi connectivity index (χ1n) is 8.44. The summed E-state index contributed by atoms with van der Waals surface area (Å²) in [5, 5.41) is 3.55. The Morgan fingerprint density at radius 3 is 2.90 bits per heavy atom. The van der Waals surface area contributed by atoms with Gasteiger partial charge in [0.2, 0.25) is 0 Å². The Labute approximate surface area is 128 Å². The van der Waals surface area contributed by atoms with Crippen LogP contribution in [-0.4, -0.2) is 37.2 Å². The second-order valence-electron chi connectivity index (χ2n) is 6.69. The molecule has 2 aliphatic heterocycles. The number of benzene rings is 1. The molecule has 0 spiro atoms. The van der Waals surface area contributed by atoms with Crippen molar-refractivity contribution in [3.63, 3.8) is 0 Å². The van der Waals surface area contributed by atoms with Crippen LogP contribution >= 0.6 is 0 Å². The van der Waals surface area contributed by atoms with Crippen molar-refractivity contribution in [3.8, 4) is 5.75 Å². The van der Waals surface area contributed by atoms with Gasteiger partial charge in [0, 0.05) is 30.6 Å². The van der Waals surface area contributed by atoms with Crippen LogP contribution in [0.2, 0.25) is 0 Å². The molecule has 0 amide bonds. The summed E-state index contributed by atoms with van der Waals surface area (Å²) in [5.41, 5.74) is 1.38. The van der Waals surface area contributed by atoms with Crippen LogP contribution in [0.25, 0.3) is 0 Å². The lowest BCUT2D eigenvalue weighted by Gasteiger charge is -2.41. The maximum Gasteiger partial charge on any atom is 0.124 e. The van der Waals surface area contributed by atoms with Gasteiger partial charge in [0.25, 0.3) is 0 Å². The predicted molar refractivity (Wildman–Crippen MR) is 86.7 cm³/mol. The van der Waals surface area contributed by atoms with Gasteiger partial charge in [-0.1, -0.05) is 18.2 Å². The summed E-state index contributed by atoms with van der Waals surface area (Å²) in [6, 6.07) is 9.66. The average molecular weight is 288 g/mol. The molecule has 0 aliphatic carbocycles. The molecule has 1 fully saturated rings. The van der Waals surface area contributed by atoms with Gasteiger partial charge in [0.15, 0.2) is 0 Å². The van der Waals surface area contributed by atoms with Crippen LogP contribution in [0.15, 0.2) is 24.3 Å². The van der Waals surface area contributed by atoms with Gasteiger partial charge in [0.1, 0.15) is 5.75 Å². The molecule has 2 aliphatic rings. The summed E-state index contributed by atoms with van der Waals surface area (Å²) in [5.74, 6) is 1.87. The average Bonchev–Trinajstić information content (AvgIpc) is 2.53. The number of fused-ring (bicyclic) bond motifs is 1. The molecule has 0 radical (unpaired) electrons. The second kappa shape index (κ2) is 6.80. The molecule has 1 aromatic carbocycles. The fourth-order valence-corrected chi connectivity index (χ4v) is 3.74. The highest BCUT2D eigenvalue weighted by Crippen LogP contribution is 2.37. The Bertz CT molecular complexity index is 454. The van der Waals surface area contributed by atoms with Crippen molar-refractivity contribution in [2.24, 2.45) is 5.92 Å². The van der Waals surface area contributed by atoms with Gasteiger partial charge in [-0.15, -0.1) is 0 Å². The molecular formula is C18H28N2O. The van der Waals surface area contributed by atoms with E-state index in [4.69, 9.17) is 4.74 Å². The lowest BCUT2D eigenvalue weighted by atomic mass is 9.93. The maximum atomic E-state index is 5.83. The topological polar surface area (TPSA) is 24.5 Å². The monoisotopic (exact) mass is 288 g/mol. The number of piperidine rings is 1. The quantitative estimate of drug-likeness (QED) is 0.920. The van der Waals surface area contributed by atoms with Crippen LogP contribution in [0.1, 0.15) is 44.7 Å². The van der Waals surface area contributed by atoms with E-state index < -0.39 is 0 Å². The fourth-order valence-electron chi connectivity index (χ4n) is 3.74. The molecule has 2 heterocycles. The van der Waals surface area contributed by atoms with Gasteiger partial charge in [-0.2, -0.15) is 0 Å². The molecule has 2 unspecified atom stereocenters. The van der Waals surface area contributed by atoms with Gasteiger partial charge < -0.3 is 10.1 Å². The van der Waals surface area contributed by atoms with E-state index >= 15 is 0 Å². The summed E-state index contributed by atoms with van der Waals surface area (Å²) in [4.78, 5) is 2.69. The third-order valence-corrected chi connectivity index (χ3v) is 4.86. The minimum Gasteiger partial charge on any atom is -0.493 e. The first-order valence-corrected chi connectivity index (χ1v) is 8.44. The van der Waals surface area contributed by atoms with E-state index in [1.54, 1.807) is 0 Å². The molecule has 1 saturated heterocycles. The summed E-state index contributed by atoms with van der Waals surface area (Å²) < 4.78 is 5.83. The van der Waals surface area contributed by atoms with Crippen molar-refractivity contribution in [2.45, 2.75) is 45.2 Å². The van der Waals surface area contributed by atoms with Gasteiger partial charge in [-0.3, -0.25) is 4.90 Å². The van der Waals surface area contributed by atoms with E-state index in [0.717, 1.165) is 24.7 Å². The molecule has 3 nitrogen and oxygen atoms in total. The number of para-hydroxylation sites is 1.